The van der Waals surface area contributed by atoms with Gasteiger partial charge in [0.1, 0.15) is 0 Å². The zero-order valence-electron chi connectivity index (χ0n) is 12.6. The second-order valence-electron chi connectivity index (χ2n) is 6.72. The molecule has 0 saturated heterocycles. The Balaban J connectivity index is 2.32. The molecule has 0 aromatic carbocycles. The predicted octanol–water partition coefficient (Wildman–Crippen LogP) is 3.35. The summed E-state index contributed by atoms with van der Waals surface area (Å²) in [6.07, 6.45) is 8.97. The Morgan fingerprint density at radius 1 is 1.35 bits per heavy atom. The molecule has 1 fully saturated rings. The molecule has 1 aliphatic rings. The summed E-state index contributed by atoms with van der Waals surface area (Å²) >= 11 is 6.17. The van der Waals surface area contributed by atoms with Crippen LogP contribution in [-0.4, -0.2) is 21.0 Å². The van der Waals surface area contributed by atoms with Crippen LogP contribution in [0.15, 0.2) is 17.2 Å². The van der Waals surface area contributed by atoms with Crippen LogP contribution in [-0.2, 0) is 5.54 Å². The summed E-state index contributed by atoms with van der Waals surface area (Å²) in [6, 6.07) is 0. The van der Waals surface area contributed by atoms with Crippen molar-refractivity contribution in [1.82, 2.24) is 9.55 Å². The molecule has 0 amide bonds. The summed E-state index contributed by atoms with van der Waals surface area (Å²) in [5, 5.41) is 3.35. The number of nitrogens with one attached hydrogen (secondary N) is 1. The van der Waals surface area contributed by atoms with Crippen molar-refractivity contribution in [3.63, 3.8) is 0 Å². The van der Waals surface area contributed by atoms with Gasteiger partial charge in [-0.25, -0.2) is 4.98 Å². The monoisotopic (exact) mass is 297 g/mol. The first kappa shape index (κ1) is 15.4. The fraction of sp³-hybridized carbons (Fsp3) is 0.733. The third kappa shape index (κ3) is 3.17. The van der Waals surface area contributed by atoms with Gasteiger partial charge in [0, 0.05) is 23.8 Å². The summed E-state index contributed by atoms with van der Waals surface area (Å²) in [7, 11) is 0. The Bertz CT molecular complexity index is 513. The van der Waals surface area contributed by atoms with Crippen molar-refractivity contribution >= 4 is 17.4 Å². The van der Waals surface area contributed by atoms with Crippen molar-refractivity contribution in [2.24, 2.45) is 0 Å². The average Bonchev–Trinajstić information content (AvgIpc) is 2.41. The number of nitrogens with zero attached hydrogens (tertiary/aromatic N) is 2. The lowest BCUT2D eigenvalue weighted by molar-refractivity contribution is 0.349. The van der Waals surface area contributed by atoms with E-state index in [0.29, 0.717) is 11.7 Å². The van der Waals surface area contributed by atoms with Crippen molar-refractivity contribution in [2.75, 3.05) is 11.2 Å². The van der Waals surface area contributed by atoms with E-state index in [2.05, 4.69) is 10.3 Å². The molecule has 0 aliphatic heterocycles. The normalized spacial score (nSPS) is 18.8. The van der Waals surface area contributed by atoms with Gasteiger partial charge in [-0.1, -0.05) is 19.3 Å². The van der Waals surface area contributed by atoms with Gasteiger partial charge in [0.25, 0.3) is 5.56 Å². The molecule has 2 rings (SSSR count). The zero-order chi connectivity index (χ0) is 14.8. The van der Waals surface area contributed by atoms with E-state index in [0.717, 1.165) is 25.7 Å². The van der Waals surface area contributed by atoms with Gasteiger partial charge in [-0.15, -0.1) is 11.6 Å². The van der Waals surface area contributed by atoms with E-state index < -0.39 is 0 Å². The van der Waals surface area contributed by atoms with Crippen LogP contribution in [0.5, 0.6) is 0 Å². The first-order valence-electron chi connectivity index (χ1n) is 7.30. The third-order valence-electron chi connectivity index (χ3n) is 4.01. The Hall–Kier alpha value is -1.03. The molecule has 0 unspecified atom stereocenters. The Morgan fingerprint density at radius 2 is 2.00 bits per heavy atom. The molecule has 1 aromatic heterocycles. The van der Waals surface area contributed by atoms with Gasteiger partial charge >= 0.3 is 0 Å². The molecule has 112 valence electrons. The third-order valence-corrected chi connectivity index (χ3v) is 4.53. The van der Waals surface area contributed by atoms with Gasteiger partial charge in [-0.2, -0.15) is 0 Å². The molecule has 4 nitrogen and oxygen atoms in total. The summed E-state index contributed by atoms with van der Waals surface area (Å²) in [5.74, 6) is 0.934. The molecule has 5 heteroatoms. The number of rotatable bonds is 3. The predicted molar refractivity (Wildman–Crippen MR) is 83.7 cm³/mol. The molecule has 1 aromatic rings. The highest BCUT2D eigenvalue weighted by Crippen LogP contribution is 2.31. The second kappa shape index (κ2) is 5.76. The zero-order valence-corrected chi connectivity index (χ0v) is 13.3. The van der Waals surface area contributed by atoms with Crippen LogP contribution in [0.3, 0.4) is 0 Å². The minimum absolute atomic E-state index is 0.0740. The number of hydrogen-bond donors (Lipinski definition) is 1. The van der Waals surface area contributed by atoms with Gasteiger partial charge in [0.05, 0.1) is 5.54 Å². The van der Waals surface area contributed by atoms with Crippen molar-refractivity contribution in [3.05, 3.63) is 22.7 Å². The molecular weight excluding hydrogens is 274 g/mol. The lowest BCUT2D eigenvalue weighted by atomic mass is 9.83. The smallest absolute Gasteiger partial charge is 0.293 e. The van der Waals surface area contributed by atoms with E-state index in [4.69, 9.17) is 11.6 Å². The highest BCUT2D eigenvalue weighted by Gasteiger charge is 2.32. The summed E-state index contributed by atoms with van der Waals surface area (Å²) in [5.41, 5.74) is -0.504. The molecule has 0 atom stereocenters. The summed E-state index contributed by atoms with van der Waals surface area (Å²) < 4.78 is 1.72. The maximum absolute atomic E-state index is 12.5. The highest BCUT2D eigenvalue weighted by atomic mass is 35.5. The van der Waals surface area contributed by atoms with Crippen LogP contribution in [0.2, 0.25) is 0 Å². The van der Waals surface area contributed by atoms with Gasteiger partial charge < -0.3 is 9.88 Å². The van der Waals surface area contributed by atoms with E-state index in [1.165, 1.54) is 6.42 Å². The van der Waals surface area contributed by atoms with Crippen molar-refractivity contribution in [3.8, 4) is 0 Å². The first-order valence-corrected chi connectivity index (χ1v) is 7.84. The Labute approximate surface area is 125 Å². The number of halogens is 1. The average molecular weight is 298 g/mol. The number of aromatic nitrogens is 2. The lowest BCUT2D eigenvalue weighted by Crippen LogP contribution is -2.45. The molecule has 1 aliphatic carbocycles. The Morgan fingerprint density at radius 3 is 2.55 bits per heavy atom. The minimum Gasteiger partial charge on any atom is -0.359 e. The number of anilines is 1. The van der Waals surface area contributed by atoms with Crippen LogP contribution in [0.4, 0.5) is 5.82 Å². The van der Waals surface area contributed by atoms with E-state index in [-0.39, 0.29) is 16.6 Å². The van der Waals surface area contributed by atoms with Gasteiger partial charge in [-0.3, -0.25) is 4.79 Å². The SMILES string of the molecule is CC(C)(C)n1ccnc(NC2(CCl)CCCCC2)c1=O. The van der Waals surface area contributed by atoms with Crippen LogP contribution in [0.25, 0.3) is 0 Å². The fourth-order valence-electron chi connectivity index (χ4n) is 2.80. The number of alkyl halides is 1. The summed E-state index contributed by atoms with van der Waals surface area (Å²) in [4.78, 5) is 16.8. The maximum atomic E-state index is 12.5. The highest BCUT2D eigenvalue weighted by molar-refractivity contribution is 6.18. The molecule has 1 saturated carbocycles. The van der Waals surface area contributed by atoms with Gasteiger partial charge in [0.2, 0.25) is 0 Å². The summed E-state index contributed by atoms with van der Waals surface area (Å²) in [6.45, 7) is 6.03. The van der Waals surface area contributed by atoms with Crippen LogP contribution in [0.1, 0.15) is 52.9 Å². The van der Waals surface area contributed by atoms with Gasteiger partial charge in [-0.05, 0) is 33.6 Å². The lowest BCUT2D eigenvalue weighted by Gasteiger charge is -2.37. The fourth-order valence-corrected chi connectivity index (χ4v) is 3.13. The minimum atomic E-state index is -0.253. The molecule has 0 spiro atoms. The van der Waals surface area contributed by atoms with E-state index >= 15 is 0 Å². The van der Waals surface area contributed by atoms with Crippen LogP contribution in [0, 0.1) is 0 Å². The standard InChI is InChI=1S/C15H24ClN3O/c1-14(2,3)19-10-9-17-12(13(19)20)18-15(11-16)7-5-4-6-8-15/h9-10H,4-8,11H2,1-3H3,(H,17,18). The molecule has 20 heavy (non-hydrogen) atoms. The van der Waals surface area contributed by atoms with Crippen molar-refractivity contribution < 1.29 is 0 Å². The quantitative estimate of drug-likeness (QED) is 0.870. The van der Waals surface area contributed by atoms with E-state index in [1.54, 1.807) is 17.0 Å². The second-order valence-corrected chi connectivity index (χ2v) is 6.99. The largest absolute Gasteiger partial charge is 0.359 e. The van der Waals surface area contributed by atoms with Crippen molar-refractivity contribution in [2.45, 2.75) is 64.0 Å². The van der Waals surface area contributed by atoms with Crippen molar-refractivity contribution in [1.29, 1.82) is 0 Å². The van der Waals surface area contributed by atoms with E-state index in [1.807, 2.05) is 20.8 Å². The van der Waals surface area contributed by atoms with Crippen LogP contribution >= 0.6 is 11.6 Å². The molecular formula is C15H24ClN3O. The maximum Gasteiger partial charge on any atom is 0.293 e. The Kier molecular flexibility index (Phi) is 4.43. The van der Waals surface area contributed by atoms with Gasteiger partial charge in [0.15, 0.2) is 5.82 Å². The molecule has 1 N–H and O–H groups in total. The molecule has 0 radical (unpaired) electrons. The molecule has 0 bridgehead atoms. The topological polar surface area (TPSA) is 46.9 Å². The molecule has 1 heterocycles. The first-order chi connectivity index (χ1) is 9.38. The number of hydrogen-bond acceptors (Lipinski definition) is 3. The van der Waals surface area contributed by atoms with E-state index in [9.17, 15) is 4.79 Å². The van der Waals surface area contributed by atoms with Crippen LogP contribution < -0.4 is 10.9 Å².